The Morgan fingerprint density at radius 2 is 2.12 bits per heavy atom. The van der Waals surface area contributed by atoms with Crippen LogP contribution < -0.4 is 10.6 Å². The number of benzene rings is 1. The number of piperidine rings is 1. The van der Waals surface area contributed by atoms with Gasteiger partial charge in [-0.3, -0.25) is 14.7 Å². The molecule has 1 aliphatic heterocycles. The zero-order valence-corrected chi connectivity index (χ0v) is 13.7. The number of hydrogen-bond acceptors (Lipinski definition) is 5. The molecule has 6 heteroatoms. The highest BCUT2D eigenvalue weighted by atomic mass is 16.2. The number of aromatic nitrogens is 2. The van der Waals surface area contributed by atoms with Gasteiger partial charge in [-0.2, -0.15) is 0 Å². The lowest BCUT2D eigenvalue weighted by Crippen LogP contribution is -2.47. The molecule has 2 heterocycles. The second kappa shape index (κ2) is 8.52. The quantitative estimate of drug-likeness (QED) is 0.845. The molecule has 3 rings (SSSR count). The van der Waals surface area contributed by atoms with Gasteiger partial charge >= 0.3 is 0 Å². The zero-order chi connectivity index (χ0) is 16.6. The van der Waals surface area contributed by atoms with Crippen LogP contribution in [0.5, 0.6) is 0 Å². The normalized spacial score (nSPS) is 18.2. The zero-order valence-electron chi connectivity index (χ0n) is 13.7. The topological polar surface area (TPSA) is 70.2 Å². The fraction of sp³-hybridized carbons (Fsp3) is 0.389. The third-order valence-corrected chi connectivity index (χ3v) is 4.14. The lowest BCUT2D eigenvalue weighted by Gasteiger charge is -2.33. The maximum absolute atomic E-state index is 12.0. The van der Waals surface area contributed by atoms with Crippen molar-refractivity contribution in [3.05, 3.63) is 54.5 Å². The van der Waals surface area contributed by atoms with E-state index in [1.807, 2.05) is 6.07 Å². The van der Waals surface area contributed by atoms with Crippen LogP contribution >= 0.6 is 0 Å². The summed E-state index contributed by atoms with van der Waals surface area (Å²) in [4.78, 5) is 22.4. The fourth-order valence-electron chi connectivity index (χ4n) is 3.00. The molecule has 0 unspecified atom stereocenters. The highest BCUT2D eigenvalue weighted by Gasteiger charge is 2.20. The molecule has 1 aromatic heterocycles. The number of anilines is 1. The molecule has 2 aromatic rings. The molecule has 6 nitrogen and oxygen atoms in total. The summed E-state index contributed by atoms with van der Waals surface area (Å²) in [6, 6.07) is 10.9. The Hall–Kier alpha value is -2.31. The summed E-state index contributed by atoms with van der Waals surface area (Å²) in [5.41, 5.74) is 1.33. The Kier molecular flexibility index (Phi) is 5.87. The van der Waals surface area contributed by atoms with E-state index in [0.717, 1.165) is 32.5 Å². The summed E-state index contributed by atoms with van der Waals surface area (Å²) < 4.78 is 0. The average Bonchev–Trinajstić information content (AvgIpc) is 2.62. The molecular formula is C18H23N5O. The van der Waals surface area contributed by atoms with Crippen LogP contribution in [0, 0.1) is 0 Å². The Morgan fingerprint density at radius 1 is 1.25 bits per heavy atom. The first kappa shape index (κ1) is 16.5. The number of carbonyl (C=O) groups excluding carboxylic acids is 1. The predicted octanol–water partition coefficient (Wildman–Crippen LogP) is 1.67. The number of carbonyl (C=O) groups is 1. The third-order valence-electron chi connectivity index (χ3n) is 4.14. The molecule has 0 aliphatic carbocycles. The number of likely N-dealkylation sites (tertiary alicyclic amines) is 1. The van der Waals surface area contributed by atoms with Crippen LogP contribution in [0.3, 0.4) is 0 Å². The summed E-state index contributed by atoms with van der Waals surface area (Å²) in [6.45, 7) is 3.33. The molecule has 126 valence electrons. The van der Waals surface area contributed by atoms with E-state index in [1.54, 1.807) is 18.6 Å². The van der Waals surface area contributed by atoms with Crippen molar-refractivity contribution in [2.24, 2.45) is 0 Å². The summed E-state index contributed by atoms with van der Waals surface area (Å²) in [7, 11) is 0. The first-order chi connectivity index (χ1) is 11.8. The van der Waals surface area contributed by atoms with Crippen LogP contribution in [0.15, 0.2) is 48.9 Å². The SMILES string of the molecule is O=C(CN[C@H]1CCCN(Cc2ccccc2)C1)Nc1cnccn1. The van der Waals surface area contributed by atoms with Crippen molar-refractivity contribution in [1.82, 2.24) is 20.2 Å². The molecule has 24 heavy (non-hydrogen) atoms. The van der Waals surface area contributed by atoms with Crippen molar-refractivity contribution in [1.29, 1.82) is 0 Å². The molecule has 1 atom stereocenters. The Balaban J connectivity index is 1.43. The maximum atomic E-state index is 12.0. The first-order valence-corrected chi connectivity index (χ1v) is 8.35. The maximum Gasteiger partial charge on any atom is 0.239 e. The van der Waals surface area contributed by atoms with Gasteiger partial charge in [-0.25, -0.2) is 4.98 Å². The van der Waals surface area contributed by atoms with E-state index in [4.69, 9.17) is 0 Å². The monoisotopic (exact) mass is 325 g/mol. The molecule has 0 saturated carbocycles. The van der Waals surface area contributed by atoms with Crippen molar-refractivity contribution >= 4 is 11.7 Å². The first-order valence-electron chi connectivity index (χ1n) is 8.35. The van der Waals surface area contributed by atoms with Crippen LogP contribution in [0.2, 0.25) is 0 Å². The van der Waals surface area contributed by atoms with Gasteiger partial charge in [-0.1, -0.05) is 30.3 Å². The summed E-state index contributed by atoms with van der Waals surface area (Å²) in [6.07, 6.45) is 6.93. The van der Waals surface area contributed by atoms with E-state index in [0.29, 0.717) is 18.4 Å². The lowest BCUT2D eigenvalue weighted by molar-refractivity contribution is -0.115. The molecule has 1 fully saturated rings. The van der Waals surface area contributed by atoms with Gasteiger partial charge in [-0.05, 0) is 24.9 Å². The molecule has 1 amide bonds. The number of nitrogens with one attached hydrogen (secondary N) is 2. The fourth-order valence-corrected chi connectivity index (χ4v) is 3.00. The minimum Gasteiger partial charge on any atom is -0.308 e. The Morgan fingerprint density at radius 3 is 2.92 bits per heavy atom. The molecule has 0 bridgehead atoms. The van der Waals surface area contributed by atoms with Gasteiger partial charge < -0.3 is 10.6 Å². The van der Waals surface area contributed by atoms with E-state index >= 15 is 0 Å². The van der Waals surface area contributed by atoms with Gasteiger partial charge in [0, 0.05) is 31.5 Å². The highest BCUT2D eigenvalue weighted by molar-refractivity contribution is 5.91. The van der Waals surface area contributed by atoms with Gasteiger partial charge in [0.2, 0.25) is 5.91 Å². The lowest BCUT2D eigenvalue weighted by atomic mass is 10.0. The summed E-state index contributed by atoms with van der Waals surface area (Å²) >= 11 is 0. The van der Waals surface area contributed by atoms with Crippen molar-refractivity contribution in [3.63, 3.8) is 0 Å². The third kappa shape index (κ3) is 5.11. The number of amides is 1. The Bertz CT molecular complexity index is 634. The van der Waals surface area contributed by atoms with E-state index in [1.165, 1.54) is 5.56 Å². The minimum absolute atomic E-state index is 0.0873. The molecule has 0 spiro atoms. The largest absolute Gasteiger partial charge is 0.308 e. The second-order valence-corrected chi connectivity index (χ2v) is 6.08. The van der Waals surface area contributed by atoms with Crippen molar-refractivity contribution in [2.75, 3.05) is 25.0 Å². The number of nitrogens with zero attached hydrogens (tertiary/aromatic N) is 3. The van der Waals surface area contributed by atoms with Crippen LogP contribution in [0.1, 0.15) is 18.4 Å². The van der Waals surface area contributed by atoms with E-state index < -0.39 is 0 Å². The van der Waals surface area contributed by atoms with Crippen LogP contribution in [-0.4, -0.2) is 46.5 Å². The van der Waals surface area contributed by atoms with Crippen LogP contribution in [-0.2, 0) is 11.3 Å². The smallest absolute Gasteiger partial charge is 0.239 e. The molecular weight excluding hydrogens is 302 g/mol. The summed E-state index contributed by atoms with van der Waals surface area (Å²) in [5, 5.41) is 6.10. The number of rotatable bonds is 6. The summed E-state index contributed by atoms with van der Waals surface area (Å²) in [5.74, 6) is 0.398. The van der Waals surface area contributed by atoms with Crippen LogP contribution in [0.25, 0.3) is 0 Å². The van der Waals surface area contributed by atoms with E-state index in [2.05, 4.69) is 49.8 Å². The van der Waals surface area contributed by atoms with Gasteiger partial charge in [0.1, 0.15) is 0 Å². The molecule has 0 radical (unpaired) electrons. The molecule has 2 N–H and O–H groups in total. The van der Waals surface area contributed by atoms with Crippen LogP contribution in [0.4, 0.5) is 5.82 Å². The average molecular weight is 325 g/mol. The number of hydrogen-bond donors (Lipinski definition) is 2. The standard InChI is InChI=1S/C18H23N5O/c24-18(22-17-11-19-8-9-20-17)12-21-16-7-4-10-23(14-16)13-15-5-2-1-3-6-15/h1-3,5-6,8-9,11,16,21H,4,7,10,12-14H2,(H,20,22,24)/t16-/m0/s1. The predicted molar refractivity (Wildman–Crippen MR) is 93.4 cm³/mol. The van der Waals surface area contributed by atoms with E-state index in [9.17, 15) is 4.79 Å². The Labute approximate surface area is 142 Å². The molecule has 1 aromatic carbocycles. The molecule has 1 saturated heterocycles. The van der Waals surface area contributed by atoms with Gasteiger partial charge in [0.15, 0.2) is 5.82 Å². The van der Waals surface area contributed by atoms with Gasteiger partial charge in [-0.15, -0.1) is 0 Å². The van der Waals surface area contributed by atoms with Crippen molar-refractivity contribution in [2.45, 2.75) is 25.4 Å². The second-order valence-electron chi connectivity index (χ2n) is 6.08. The van der Waals surface area contributed by atoms with E-state index in [-0.39, 0.29) is 5.91 Å². The van der Waals surface area contributed by atoms with Gasteiger partial charge in [0.25, 0.3) is 0 Å². The molecule has 1 aliphatic rings. The highest BCUT2D eigenvalue weighted by Crippen LogP contribution is 2.13. The van der Waals surface area contributed by atoms with Gasteiger partial charge in [0.05, 0.1) is 12.7 Å². The minimum atomic E-state index is -0.0873. The van der Waals surface area contributed by atoms with Crippen molar-refractivity contribution in [3.8, 4) is 0 Å². The van der Waals surface area contributed by atoms with Crippen molar-refractivity contribution < 1.29 is 4.79 Å².